The summed E-state index contributed by atoms with van der Waals surface area (Å²) in [5.41, 5.74) is 0. The zero-order valence-electron chi connectivity index (χ0n) is 5.73. The Balaban J connectivity index is 2.75. The van der Waals surface area contributed by atoms with Gasteiger partial charge in [-0.3, -0.25) is 0 Å². The van der Waals surface area contributed by atoms with Crippen LogP contribution in [0.3, 0.4) is 0 Å². The molecule has 0 saturated carbocycles. The van der Waals surface area contributed by atoms with Gasteiger partial charge in [0.05, 0.1) is 0 Å². The highest BCUT2D eigenvalue weighted by Gasteiger charge is 1.91. The Labute approximate surface area is 70.6 Å². The van der Waals surface area contributed by atoms with Crippen molar-refractivity contribution in [2.75, 3.05) is 5.75 Å². The molecule has 53 valence electrons. The van der Waals surface area contributed by atoms with Crippen molar-refractivity contribution in [2.45, 2.75) is 11.8 Å². The van der Waals surface area contributed by atoms with E-state index in [2.05, 4.69) is 13.0 Å². The molecule has 0 fully saturated rings. The lowest BCUT2D eigenvalue weighted by Crippen LogP contribution is -1.72. The van der Waals surface area contributed by atoms with E-state index in [4.69, 9.17) is 11.6 Å². The second-order valence-corrected chi connectivity index (χ2v) is 3.51. The van der Waals surface area contributed by atoms with E-state index < -0.39 is 0 Å². The molecule has 0 spiro atoms. The van der Waals surface area contributed by atoms with Crippen LogP contribution >= 0.6 is 23.4 Å². The van der Waals surface area contributed by atoms with Gasteiger partial charge < -0.3 is 0 Å². The Morgan fingerprint density at radius 3 is 3.00 bits per heavy atom. The molecule has 0 unspecified atom stereocenters. The molecule has 1 radical (unpaired) electrons. The Bertz CT molecular complexity index is 210. The quantitative estimate of drug-likeness (QED) is 0.616. The highest BCUT2D eigenvalue weighted by atomic mass is 35.5. The largest absolute Gasteiger partial charge is 0.126 e. The van der Waals surface area contributed by atoms with E-state index in [0.29, 0.717) is 5.02 Å². The maximum atomic E-state index is 5.71. The van der Waals surface area contributed by atoms with Gasteiger partial charge in [0.25, 0.3) is 0 Å². The first-order chi connectivity index (χ1) is 4.83. The third kappa shape index (κ3) is 2.24. The fraction of sp³-hybridized carbons (Fsp3) is 0.250. The molecule has 0 heterocycles. The first kappa shape index (κ1) is 7.96. The summed E-state index contributed by atoms with van der Waals surface area (Å²) in [4.78, 5) is 1.12. The van der Waals surface area contributed by atoms with Crippen molar-refractivity contribution in [1.29, 1.82) is 0 Å². The van der Waals surface area contributed by atoms with Crippen LogP contribution in [0.4, 0.5) is 0 Å². The maximum absolute atomic E-state index is 5.71. The zero-order valence-corrected chi connectivity index (χ0v) is 7.30. The lowest BCUT2D eigenvalue weighted by Gasteiger charge is -1.95. The molecular formula is C8H8ClS. The Morgan fingerprint density at radius 2 is 2.40 bits per heavy atom. The third-order valence-corrected chi connectivity index (χ3v) is 2.09. The number of thioether (sulfide) groups is 1. The summed E-state index contributed by atoms with van der Waals surface area (Å²) >= 11 is 7.46. The van der Waals surface area contributed by atoms with Gasteiger partial charge in [0.1, 0.15) is 0 Å². The van der Waals surface area contributed by atoms with Gasteiger partial charge in [-0.2, -0.15) is 0 Å². The lowest BCUT2D eigenvalue weighted by atomic mass is 10.4. The second kappa shape index (κ2) is 3.89. The first-order valence-electron chi connectivity index (χ1n) is 3.13. The van der Waals surface area contributed by atoms with Crippen LogP contribution in [0.5, 0.6) is 0 Å². The summed E-state index contributed by atoms with van der Waals surface area (Å²) in [6.45, 7) is 2.11. The molecular weight excluding hydrogens is 164 g/mol. The summed E-state index contributed by atoms with van der Waals surface area (Å²) in [5.74, 6) is 1.07. The Morgan fingerprint density at radius 1 is 1.60 bits per heavy atom. The zero-order chi connectivity index (χ0) is 7.40. The maximum Gasteiger partial charge on any atom is 0.0496 e. The molecule has 1 aromatic rings. The molecule has 10 heavy (non-hydrogen) atoms. The van der Waals surface area contributed by atoms with Crippen LogP contribution in [-0.4, -0.2) is 5.75 Å². The predicted molar refractivity (Wildman–Crippen MR) is 46.7 cm³/mol. The van der Waals surface area contributed by atoms with Gasteiger partial charge in [-0.25, -0.2) is 0 Å². The van der Waals surface area contributed by atoms with Crippen molar-refractivity contribution in [3.8, 4) is 0 Å². The van der Waals surface area contributed by atoms with Crippen LogP contribution in [0.25, 0.3) is 0 Å². The summed E-state index contributed by atoms with van der Waals surface area (Å²) in [7, 11) is 0. The fourth-order valence-corrected chi connectivity index (χ4v) is 1.56. The highest BCUT2D eigenvalue weighted by Crippen LogP contribution is 2.19. The van der Waals surface area contributed by atoms with E-state index in [1.54, 1.807) is 11.8 Å². The molecule has 1 aromatic carbocycles. The number of hydrogen-bond acceptors (Lipinski definition) is 1. The molecule has 0 N–H and O–H groups in total. The minimum absolute atomic E-state index is 0.693. The number of hydrogen-bond donors (Lipinski definition) is 0. The molecule has 0 saturated heterocycles. The summed E-state index contributed by atoms with van der Waals surface area (Å²) < 4.78 is 0. The normalized spacial score (nSPS) is 9.80. The van der Waals surface area contributed by atoms with Crippen molar-refractivity contribution in [3.63, 3.8) is 0 Å². The Hall–Kier alpha value is -0.140. The highest BCUT2D eigenvalue weighted by molar-refractivity contribution is 7.99. The first-order valence-corrected chi connectivity index (χ1v) is 4.50. The van der Waals surface area contributed by atoms with Gasteiger partial charge in [0, 0.05) is 16.0 Å². The molecule has 1 rings (SSSR count). The van der Waals surface area contributed by atoms with E-state index in [1.807, 2.05) is 18.2 Å². The number of halogens is 1. The Kier molecular flexibility index (Phi) is 3.10. The number of benzene rings is 1. The number of rotatable bonds is 2. The van der Waals surface area contributed by atoms with E-state index in [0.717, 1.165) is 10.6 Å². The minimum Gasteiger partial charge on any atom is -0.126 e. The lowest BCUT2D eigenvalue weighted by molar-refractivity contribution is 1.42. The van der Waals surface area contributed by atoms with Crippen LogP contribution in [0.1, 0.15) is 6.92 Å². The van der Waals surface area contributed by atoms with Crippen molar-refractivity contribution < 1.29 is 0 Å². The van der Waals surface area contributed by atoms with Gasteiger partial charge in [0.2, 0.25) is 0 Å². The molecule has 0 bridgehead atoms. The molecule has 0 amide bonds. The minimum atomic E-state index is 0.693. The van der Waals surface area contributed by atoms with Gasteiger partial charge in [-0.15, -0.1) is 11.8 Å². The van der Waals surface area contributed by atoms with Crippen LogP contribution < -0.4 is 0 Å². The second-order valence-electron chi connectivity index (χ2n) is 1.80. The smallest absolute Gasteiger partial charge is 0.0496 e. The molecule has 0 nitrogen and oxygen atoms in total. The van der Waals surface area contributed by atoms with Crippen molar-refractivity contribution >= 4 is 23.4 Å². The average molecular weight is 172 g/mol. The van der Waals surface area contributed by atoms with Gasteiger partial charge in [0.15, 0.2) is 0 Å². The van der Waals surface area contributed by atoms with E-state index >= 15 is 0 Å². The van der Waals surface area contributed by atoms with Crippen LogP contribution in [0.15, 0.2) is 23.1 Å². The summed E-state index contributed by atoms with van der Waals surface area (Å²) in [6, 6.07) is 8.83. The molecule has 0 atom stereocenters. The van der Waals surface area contributed by atoms with E-state index in [9.17, 15) is 0 Å². The van der Waals surface area contributed by atoms with Crippen molar-refractivity contribution in [3.05, 3.63) is 29.3 Å². The standard InChI is InChI=1S/C8H8ClS/c1-2-10-8-5-3-4-7(9)6-8/h3-5H,2H2,1H3. The van der Waals surface area contributed by atoms with Crippen LogP contribution in [-0.2, 0) is 0 Å². The third-order valence-electron chi connectivity index (χ3n) is 1.03. The summed E-state index contributed by atoms with van der Waals surface area (Å²) in [5, 5.41) is 0.693. The van der Waals surface area contributed by atoms with Gasteiger partial charge in [-0.05, 0) is 17.9 Å². The van der Waals surface area contributed by atoms with Crippen molar-refractivity contribution in [1.82, 2.24) is 0 Å². The SMILES string of the molecule is CCSc1[c]c(Cl)ccc1. The topological polar surface area (TPSA) is 0 Å². The van der Waals surface area contributed by atoms with Gasteiger partial charge in [-0.1, -0.05) is 24.6 Å². The molecule has 0 aliphatic rings. The summed E-state index contributed by atoms with van der Waals surface area (Å²) in [6.07, 6.45) is 0. The van der Waals surface area contributed by atoms with Crippen LogP contribution in [0, 0.1) is 6.07 Å². The molecule has 0 aromatic heterocycles. The van der Waals surface area contributed by atoms with E-state index in [1.165, 1.54) is 0 Å². The monoisotopic (exact) mass is 171 g/mol. The van der Waals surface area contributed by atoms with Crippen molar-refractivity contribution in [2.24, 2.45) is 0 Å². The average Bonchev–Trinajstić information content (AvgIpc) is 1.88. The molecule has 0 aliphatic heterocycles. The molecule has 0 aliphatic carbocycles. The van der Waals surface area contributed by atoms with Gasteiger partial charge >= 0.3 is 0 Å². The predicted octanol–water partition coefficient (Wildman–Crippen LogP) is 3.25. The fourth-order valence-electron chi connectivity index (χ4n) is 0.661. The van der Waals surface area contributed by atoms with E-state index in [-0.39, 0.29) is 0 Å². The van der Waals surface area contributed by atoms with Crippen LogP contribution in [0.2, 0.25) is 5.02 Å². The molecule has 2 heteroatoms.